The minimum Gasteiger partial charge on any atom is -0.414 e. The Morgan fingerprint density at radius 3 is 2.09 bits per heavy atom. The molecule has 2 aliphatic rings. The Hall–Kier alpha value is 0.0969. The van der Waals surface area contributed by atoms with Crippen molar-refractivity contribution in [2.24, 2.45) is 28.6 Å². The molecule has 0 aromatic carbocycles. The molecule has 2 aliphatic carbocycles. The first kappa shape index (κ1) is 30.3. The maximum absolute atomic E-state index is 10.6. The molecule has 4 heteroatoms. The monoisotopic (exact) mass is 496 g/mol. The van der Waals surface area contributed by atoms with E-state index in [9.17, 15) is 10.2 Å². The molecule has 2 saturated carbocycles. The van der Waals surface area contributed by atoms with Gasteiger partial charge in [-0.2, -0.15) is 0 Å². The Morgan fingerprint density at radius 2 is 1.56 bits per heavy atom. The van der Waals surface area contributed by atoms with Gasteiger partial charge in [0, 0.05) is 6.10 Å². The van der Waals surface area contributed by atoms with Crippen LogP contribution in [0.25, 0.3) is 0 Å². The van der Waals surface area contributed by atoms with Crippen molar-refractivity contribution in [2.75, 3.05) is 0 Å². The fraction of sp³-hybridized carbons (Fsp3) is 1.00. The van der Waals surface area contributed by atoms with Crippen molar-refractivity contribution < 1.29 is 14.6 Å². The van der Waals surface area contributed by atoms with Crippen molar-refractivity contribution in [3.63, 3.8) is 0 Å². The molecule has 0 aromatic heterocycles. The molecule has 0 aliphatic heterocycles. The van der Waals surface area contributed by atoms with Gasteiger partial charge in [-0.05, 0) is 106 Å². The summed E-state index contributed by atoms with van der Waals surface area (Å²) < 4.78 is 7.08. The van der Waals surface area contributed by atoms with E-state index < -0.39 is 20.0 Å². The quantitative estimate of drug-likeness (QED) is 0.299. The summed E-state index contributed by atoms with van der Waals surface area (Å²) in [5.41, 5.74) is -0.311. The summed E-state index contributed by atoms with van der Waals surface area (Å²) in [5.74, 6) is 2.00. The molecule has 6 atom stereocenters. The van der Waals surface area contributed by atoms with Gasteiger partial charge in [0.25, 0.3) is 0 Å². The van der Waals surface area contributed by atoms with Gasteiger partial charge in [-0.3, -0.25) is 0 Å². The van der Waals surface area contributed by atoms with Gasteiger partial charge in [-0.25, -0.2) is 0 Å². The molecule has 0 bridgehead atoms. The first-order chi connectivity index (χ1) is 15.3. The average Bonchev–Trinajstić information content (AvgIpc) is 2.99. The maximum Gasteiger partial charge on any atom is 0.192 e. The van der Waals surface area contributed by atoms with Crippen LogP contribution in [0.2, 0.25) is 18.1 Å². The standard InChI is InChI=1S/C30H60O3Si/c1-27(2,3)20-12-14-22(16-19-26(31)29(7,8)32)23-17-18-24-25(15-13-21-30(23,24)9)33-34(10,11)28(4,5)6/h22-26,31-32H,12-21H2,1-11H3/t22-,23?,24?,25-,26?,30+/m0/s1. The minimum absolute atomic E-state index is 0.252. The molecule has 34 heavy (non-hydrogen) atoms. The molecular weight excluding hydrogens is 436 g/mol. The minimum atomic E-state index is -1.79. The van der Waals surface area contributed by atoms with Gasteiger partial charge in [0.05, 0.1) is 11.7 Å². The average molecular weight is 497 g/mol. The zero-order valence-electron chi connectivity index (χ0n) is 24.8. The highest BCUT2D eigenvalue weighted by atomic mass is 28.4. The highest BCUT2D eigenvalue weighted by molar-refractivity contribution is 6.74. The van der Waals surface area contributed by atoms with Crippen LogP contribution in [0, 0.1) is 28.6 Å². The SMILES string of the molecule is CC(C)(C)CCC[C@@H](CCC(O)C(C)(C)O)C1CCC2[C@@H](O[Si](C)(C)C(C)(C)C)CCC[C@]12C. The third-order valence-electron chi connectivity index (χ3n) is 10.1. The Balaban J connectivity index is 2.20. The molecule has 2 N–H and O–H groups in total. The van der Waals surface area contributed by atoms with Gasteiger partial charge in [0.1, 0.15) is 0 Å². The van der Waals surface area contributed by atoms with Crippen molar-refractivity contribution in [3.8, 4) is 0 Å². The van der Waals surface area contributed by atoms with Crippen molar-refractivity contribution in [2.45, 2.75) is 162 Å². The Labute approximate surface area is 214 Å². The number of aliphatic hydroxyl groups excluding tert-OH is 1. The smallest absolute Gasteiger partial charge is 0.192 e. The number of fused-ring (bicyclic) bond motifs is 1. The van der Waals surface area contributed by atoms with Crippen LogP contribution in [0.5, 0.6) is 0 Å². The van der Waals surface area contributed by atoms with Gasteiger partial charge in [0.15, 0.2) is 8.32 Å². The fourth-order valence-electron chi connectivity index (χ4n) is 6.80. The number of aliphatic hydroxyl groups is 2. The zero-order valence-corrected chi connectivity index (χ0v) is 25.8. The topological polar surface area (TPSA) is 49.7 Å². The third-order valence-corrected chi connectivity index (χ3v) is 14.6. The van der Waals surface area contributed by atoms with Crippen LogP contribution in [0.3, 0.4) is 0 Å². The molecule has 0 amide bonds. The third kappa shape index (κ3) is 7.55. The second-order valence-corrected chi connectivity index (χ2v) is 20.3. The first-order valence-electron chi connectivity index (χ1n) is 14.4. The molecule has 0 radical (unpaired) electrons. The van der Waals surface area contributed by atoms with Gasteiger partial charge in [-0.1, -0.05) is 67.7 Å². The lowest BCUT2D eigenvalue weighted by Crippen LogP contribution is -2.50. The van der Waals surface area contributed by atoms with Crippen molar-refractivity contribution >= 4 is 8.32 Å². The summed E-state index contributed by atoms with van der Waals surface area (Å²) >= 11 is 0. The van der Waals surface area contributed by atoms with E-state index in [-0.39, 0.29) is 5.04 Å². The highest BCUT2D eigenvalue weighted by Gasteiger charge is 2.55. The summed E-state index contributed by atoms with van der Waals surface area (Å²) in [7, 11) is -1.79. The van der Waals surface area contributed by atoms with E-state index in [0.717, 1.165) is 6.42 Å². The lowest BCUT2D eigenvalue weighted by Gasteiger charge is -2.50. The first-order valence-corrected chi connectivity index (χ1v) is 17.3. The Bertz CT molecular complexity index is 639. The molecule has 3 unspecified atom stereocenters. The van der Waals surface area contributed by atoms with E-state index >= 15 is 0 Å². The molecule has 202 valence electrons. The second kappa shape index (κ2) is 10.8. The van der Waals surface area contributed by atoms with Crippen molar-refractivity contribution in [3.05, 3.63) is 0 Å². The van der Waals surface area contributed by atoms with Crippen molar-refractivity contribution in [1.29, 1.82) is 0 Å². The summed E-state index contributed by atoms with van der Waals surface area (Å²) in [6.07, 6.45) is 11.7. The highest BCUT2D eigenvalue weighted by Crippen LogP contribution is 2.60. The van der Waals surface area contributed by atoms with Crippen molar-refractivity contribution in [1.82, 2.24) is 0 Å². The molecular formula is C30H60O3Si. The summed E-state index contributed by atoms with van der Waals surface area (Å²) in [4.78, 5) is 0. The van der Waals surface area contributed by atoms with Gasteiger partial charge in [0.2, 0.25) is 0 Å². The Morgan fingerprint density at radius 1 is 0.941 bits per heavy atom. The van der Waals surface area contributed by atoms with E-state index in [0.29, 0.717) is 41.1 Å². The van der Waals surface area contributed by atoms with Gasteiger partial charge in [-0.15, -0.1) is 0 Å². The Kier molecular flexibility index (Phi) is 9.66. The lowest BCUT2D eigenvalue weighted by atomic mass is 9.60. The zero-order chi connectivity index (χ0) is 26.2. The largest absolute Gasteiger partial charge is 0.414 e. The second-order valence-electron chi connectivity index (χ2n) is 15.6. The maximum atomic E-state index is 10.6. The van der Waals surface area contributed by atoms with E-state index in [2.05, 4.69) is 61.6 Å². The lowest BCUT2D eigenvalue weighted by molar-refractivity contribution is -0.0591. The van der Waals surface area contributed by atoms with Crippen LogP contribution in [-0.2, 0) is 4.43 Å². The predicted octanol–water partition coefficient (Wildman–Crippen LogP) is 8.34. The van der Waals surface area contributed by atoms with Crippen LogP contribution in [0.1, 0.15) is 127 Å². The number of rotatable bonds is 10. The van der Waals surface area contributed by atoms with E-state index in [4.69, 9.17) is 4.43 Å². The molecule has 0 aromatic rings. The molecule has 3 nitrogen and oxygen atoms in total. The fourth-order valence-corrected chi connectivity index (χ4v) is 8.19. The molecule has 2 fully saturated rings. The summed E-state index contributed by atoms with van der Waals surface area (Å²) in [5, 5.41) is 21.2. The summed E-state index contributed by atoms with van der Waals surface area (Å²) in [6, 6.07) is 0. The summed E-state index contributed by atoms with van der Waals surface area (Å²) in [6.45, 7) is 25.0. The predicted molar refractivity (Wildman–Crippen MR) is 149 cm³/mol. The number of hydrogen-bond acceptors (Lipinski definition) is 3. The van der Waals surface area contributed by atoms with Crippen LogP contribution in [0.4, 0.5) is 0 Å². The van der Waals surface area contributed by atoms with E-state index in [1.165, 1.54) is 51.4 Å². The number of hydrogen-bond donors (Lipinski definition) is 2. The van der Waals surface area contributed by atoms with Crippen LogP contribution in [0.15, 0.2) is 0 Å². The van der Waals surface area contributed by atoms with E-state index in [1.54, 1.807) is 13.8 Å². The normalized spacial score (nSPS) is 30.8. The van der Waals surface area contributed by atoms with Crippen LogP contribution in [-0.4, -0.2) is 36.3 Å². The van der Waals surface area contributed by atoms with Crippen LogP contribution >= 0.6 is 0 Å². The molecule has 0 saturated heterocycles. The molecule has 0 spiro atoms. The van der Waals surface area contributed by atoms with Crippen LogP contribution < -0.4 is 0 Å². The van der Waals surface area contributed by atoms with Gasteiger partial charge >= 0.3 is 0 Å². The molecule has 2 rings (SSSR count). The van der Waals surface area contributed by atoms with E-state index in [1.807, 2.05) is 0 Å². The molecule has 0 heterocycles. The van der Waals surface area contributed by atoms with Gasteiger partial charge < -0.3 is 14.6 Å².